The number of fused-ring (bicyclic) bond motifs is 5. The van der Waals surface area contributed by atoms with Crippen molar-refractivity contribution in [2.75, 3.05) is 14.1 Å². The second-order valence-corrected chi connectivity index (χ2v) is 9.18. The van der Waals surface area contributed by atoms with Gasteiger partial charge in [-0.05, 0) is 18.1 Å². The van der Waals surface area contributed by atoms with Crippen molar-refractivity contribution in [2.45, 2.75) is 70.4 Å². The van der Waals surface area contributed by atoms with Crippen LogP contribution in [0.4, 0.5) is 0 Å². The monoisotopic (exact) mass is 410 g/mol. The minimum atomic E-state index is -0.817. The quantitative estimate of drug-likeness (QED) is 0.421. The van der Waals surface area contributed by atoms with E-state index in [2.05, 4.69) is 14.1 Å². The maximum Gasteiger partial charge on any atom is 0.321 e. The van der Waals surface area contributed by atoms with Gasteiger partial charge in [0.05, 0.1) is 14.1 Å². The van der Waals surface area contributed by atoms with Crippen molar-refractivity contribution in [1.82, 2.24) is 0 Å². The highest BCUT2D eigenvalue weighted by Crippen LogP contribution is 2.52. The first-order valence-electron chi connectivity index (χ1n) is 10.2. The van der Waals surface area contributed by atoms with E-state index in [9.17, 15) is 4.79 Å². The molecule has 162 valence electrons. The van der Waals surface area contributed by atoms with Crippen molar-refractivity contribution in [3.8, 4) is 0 Å². The third-order valence-electron chi connectivity index (χ3n) is 7.42. The molecule has 2 bridgehead atoms. The summed E-state index contributed by atoms with van der Waals surface area (Å²) in [6.45, 7) is 1.98. The number of esters is 1. The number of benzene rings is 2. The molecule has 30 heavy (non-hydrogen) atoms. The number of epoxide rings is 1. The molecule has 0 amide bonds. The molecule has 2 aromatic rings. The van der Waals surface area contributed by atoms with Crippen LogP contribution in [0.2, 0.25) is 0 Å². The highest BCUT2D eigenvalue weighted by Gasteiger charge is 2.70. The zero-order valence-electron chi connectivity index (χ0n) is 16.7. The Morgan fingerprint density at radius 1 is 0.900 bits per heavy atom. The molecule has 0 N–H and O–H groups in total. The molecule has 4 nitrogen and oxygen atoms in total. The average molecular weight is 411 g/mol. The summed E-state index contributed by atoms with van der Waals surface area (Å²) in [5.41, 5.74) is 1.11. The smallest absolute Gasteiger partial charge is 0.321 e. The van der Waals surface area contributed by atoms with Gasteiger partial charge in [-0.3, -0.25) is 4.79 Å². The van der Waals surface area contributed by atoms with Gasteiger partial charge >= 0.3 is 5.97 Å². The number of carbonyl (C=O) groups is 1. The van der Waals surface area contributed by atoms with E-state index in [1.807, 2.05) is 67.6 Å². The van der Waals surface area contributed by atoms with Gasteiger partial charge in [0.25, 0.3) is 0 Å². The Balaban J connectivity index is 0.00000128. The molecule has 0 radical (unpaired) electrons. The Kier molecular flexibility index (Phi) is 5.87. The molecular formula is C26H36NO3+. The number of morpholine rings is 1. The predicted molar refractivity (Wildman–Crippen MR) is 120 cm³/mol. The van der Waals surface area contributed by atoms with E-state index in [1.54, 1.807) is 0 Å². The fourth-order valence-corrected chi connectivity index (χ4v) is 5.52. The first-order valence-corrected chi connectivity index (χ1v) is 10.2. The number of hydrogen-bond acceptors (Lipinski definition) is 3. The Bertz CT molecular complexity index is 820. The standard InChI is InChI=1S/C24H28NO3.2CH4/c1-24(16-10-6-4-7-11-16,17-12-8-5-9-13-17)23(26)27-18-14-19-21-22(28-21)20(15-18)25(19,2)3;;/h4-13,18-22H,14-15H2,1-3H3;2*1H4/q+1;;/t18?,19?,20?,21-,22?;;/m1../s1. The maximum absolute atomic E-state index is 13.6. The largest absolute Gasteiger partial charge is 0.461 e. The van der Waals surface area contributed by atoms with Gasteiger partial charge in [0, 0.05) is 12.8 Å². The molecule has 3 aliphatic rings. The minimum absolute atomic E-state index is 0. The molecule has 5 rings (SSSR count). The van der Waals surface area contributed by atoms with Gasteiger partial charge in [-0.25, -0.2) is 0 Å². The predicted octanol–water partition coefficient (Wildman–Crippen LogP) is 4.57. The number of quaternary nitrogens is 1. The zero-order chi connectivity index (χ0) is 19.5. The van der Waals surface area contributed by atoms with Crippen LogP contribution in [0.3, 0.4) is 0 Å². The molecule has 4 unspecified atom stereocenters. The third-order valence-corrected chi connectivity index (χ3v) is 7.42. The SMILES string of the molecule is C.C.CC(C(=O)OC1CC2C3O[C@@H]3C(C1)[N+]2(C)C)(c1ccccc1)c1ccccc1. The van der Waals surface area contributed by atoms with Crippen LogP contribution in [0.5, 0.6) is 0 Å². The van der Waals surface area contributed by atoms with Crippen LogP contribution in [0, 0.1) is 0 Å². The summed E-state index contributed by atoms with van der Waals surface area (Å²) in [6.07, 6.45) is 2.46. The maximum atomic E-state index is 13.6. The van der Waals surface area contributed by atoms with Crippen molar-refractivity contribution in [2.24, 2.45) is 0 Å². The van der Waals surface area contributed by atoms with Crippen LogP contribution in [-0.4, -0.2) is 54.9 Å². The van der Waals surface area contributed by atoms with E-state index in [0.29, 0.717) is 24.3 Å². The van der Waals surface area contributed by atoms with Crippen LogP contribution in [0.15, 0.2) is 60.7 Å². The lowest BCUT2D eigenvalue weighted by atomic mass is 9.76. The van der Waals surface area contributed by atoms with Crippen molar-refractivity contribution >= 4 is 5.97 Å². The van der Waals surface area contributed by atoms with Gasteiger partial charge in [-0.1, -0.05) is 75.5 Å². The molecule has 2 aromatic carbocycles. The topological polar surface area (TPSA) is 38.8 Å². The molecular weight excluding hydrogens is 374 g/mol. The van der Waals surface area contributed by atoms with Crippen LogP contribution in [0.25, 0.3) is 0 Å². The van der Waals surface area contributed by atoms with Crippen molar-refractivity contribution in [3.05, 3.63) is 71.8 Å². The fraction of sp³-hybridized carbons (Fsp3) is 0.500. The van der Waals surface area contributed by atoms with Crippen molar-refractivity contribution in [1.29, 1.82) is 0 Å². The van der Waals surface area contributed by atoms with E-state index >= 15 is 0 Å². The highest BCUT2D eigenvalue weighted by atomic mass is 16.6. The summed E-state index contributed by atoms with van der Waals surface area (Å²) >= 11 is 0. The first kappa shape index (κ1) is 22.5. The van der Waals surface area contributed by atoms with Gasteiger partial charge in [0.2, 0.25) is 0 Å². The lowest BCUT2D eigenvalue weighted by molar-refractivity contribution is -0.938. The number of nitrogens with zero attached hydrogens (tertiary/aromatic N) is 1. The zero-order valence-corrected chi connectivity index (χ0v) is 16.7. The summed E-state index contributed by atoms with van der Waals surface area (Å²) in [4.78, 5) is 13.6. The minimum Gasteiger partial charge on any atom is -0.461 e. The molecule has 0 aliphatic carbocycles. The number of carbonyl (C=O) groups excluding carboxylic acids is 1. The van der Waals surface area contributed by atoms with Gasteiger partial charge in [0.15, 0.2) is 0 Å². The normalized spacial score (nSPS) is 30.3. The fourth-order valence-electron chi connectivity index (χ4n) is 5.52. The molecule has 5 atom stereocenters. The molecule has 0 aromatic heterocycles. The Labute approximate surface area is 181 Å². The summed E-state index contributed by atoms with van der Waals surface area (Å²) in [6, 6.07) is 20.8. The van der Waals surface area contributed by atoms with E-state index in [-0.39, 0.29) is 26.9 Å². The molecule has 4 heteroatoms. The van der Waals surface area contributed by atoms with Crippen LogP contribution >= 0.6 is 0 Å². The van der Waals surface area contributed by atoms with Gasteiger partial charge in [0.1, 0.15) is 35.8 Å². The van der Waals surface area contributed by atoms with Crippen LogP contribution in [0.1, 0.15) is 45.7 Å². The Morgan fingerprint density at radius 3 is 1.77 bits per heavy atom. The number of piperidine rings is 1. The van der Waals surface area contributed by atoms with Crippen molar-refractivity contribution in [3.63, 3.8) is 0 Å². The number of hydrogen-bond donors (Lipinski definition) is 0. The lowest BCUT2D eigenvalue weighted by Gasteiger charge is -2.45. The van der Waals surface area contributed by atoms with Gasteiger partial charge in [-0.2, -0.15) is 0 Å². The average Bonchev–Trinajstić information content (AvgIpc) is 3.47. The molecule has 0 saturated carbocycles. The molecule has 3 heterocycles. The van der Waals surface area contributed by atoms with Gasteiger partial charge in [-0.15, -0.1) is 0 Å². The number of ether oxygens (including phenoxy) is 2. The summed E-state index contributed by atoms with van der Waals surface area (Å²) in [7, 11) is 4.59. The molecule has 3 fully saturated rings. The Hall–Kier alpha value is -2.17. The second kappa shape index (κ2) is 7.82. The Morgan fingerprint density at radius 2 is 1.33 bits per heavy atom. The van der Waals surface area contributed by atoms with Crippen LogP contribution < -0.4 is 0 Å². The molecule has 3 saturated heterocycles. The highest BCUT2D eigenvalue weighted by molar-refractivity contribution is 5.87. The molecule has 3 aliphatic heterocycles. The van der Waals surface area contributed by atoms with E-state index in [0.717, 1.165) is 28.5 Å². The molecule has 0 spiro atoms. The summed E-state index contributed by atoms with van der Waals surface area (Å²) in [5, 5.41) is 0. The summed E-state index contributed by atoms with van der Waals surface area (Å²) < 4.78 is 13.1. The summed E-state index contributed by atoms with van der Waals surface area (Å²) in [5.74, 6) is -0.156. The van der Waals surface area contributed by atoms with E-state index in [1.165, 1.54) is 0 Å². The second-order valence-electron chi connectivity index (χ2n) is 9.18. The first-order chi connectivity index (χ1) is 13.4. The third kappa shape index (κ3) is 3.27. The van der Waals surface area contributed by atoms with E-state index < -0.39 is 5.41 Å². The van der Waals surface area contributed by atoms with Crippen molar-refractivity contribution < 1.29 is 18.8 Å². The lowest BCUT2D eigenvalue weighted by Crippen LogP contribution is -2.60. The van der Waals surface area contributed by atoms with Gasteiger partial charge < -0.3 is 14.0 Å². The number of likely N-dealkylation sites (N-methyl/N-ethyl adjacent to an activating group) is 1. The van der Waals surface area contributed by atoms with Crippen LogP contribution in [-0.2, 0) is 19.7 Å². The van der Waals surface area contributed by atoms with E-state index in [4.69, 9.17) is 9.47 Å². The number of rotatable bonds is 4.